The third kappa shape index (κ3) is 7.97. The molecule has 0 rings (SSSR count). The minimum absolute atomic E-state index is 0.181. The fourth-order valence-electron chi connectivity index (χ4n) is 1.13. The second-order valence-corrected chi connectivity index (χ2v) is 3.71. The average molecular weight is 216 g/mol. The van der Waals surface area contributed by atoms with E-state index in [-0.39, 0.29) is 11.9 Å². The van der Waals surface area contributed by atoms with Gasteiger partial charge in [-0.05, 0) is 19.3 Å². The predicted octanol–water partition coefficient (Wildman–Crippen LogP) is 2.22. The normalized spacial score (nSPS) is 12.1. The number of hydrogen-bond acceptors (Lipinski definition) is 3. The van der Waals surface area contributed by atoms with Gasteiger partial charge in [-0.3, -0.25) is 9.59 Å². The van der Waals surface area contributed by atoms with Crippen LogP contribution in [0, 0.1) is 5.92 Å². The van der Waals surface area contributed by atoms with E-state index < -0.39 is 5.97 Å². The Morgan fingerprint density at radius 3 is 2.53 bits per heavy atom. The standard InChI is InChI=1S/C11H20O4/c1-3-8-15-10(12)7-5-4-6-9(2)11(13)14/h9H,3-8H2,1-2H3,(H,13,14). The summed E-state index contributed by atoms with van der Waals surface area (Å²) < 4.78 is 4.89. The Morgan fingerprint density at radius 1 is 1.33 bits per heavy atom. The molecule has 0 aliphatic rings. The summed E-state index contributed by atoms with van der Waals surface area (Å²) in [5, 5.41) is 8.62. The monoisotopic (exact) mass is 216 g/mol. The molecule has 0 spiro atoms. The summed E-state index contributed by atoms with van der Waals surface area (Å²) in [6.45, 7) is 4.10. The first-order valence-electron chi connectivity index (χ1n) is 5.46. The molecule has 0 heterocycles. The third-order valence-electron chi connectivity index (χ3n) is 2.16. The Kier molecular flexibility index (Phi) is 7.68. The zero-order valence-corrected chi connectivity index (χ0v) is 9.49. The van der Waals surface area contributed by atoms with Gasteiger partial charge >= 0.3 is 11.9 Å². The molecule has 0 saturated carbocycles. The van der Waals surface area contributed by atoms with E-state index >= 15 is 0 Å². The van der Waals surface area contributed by atoms with E-state index in [1.807, 2.05) is 6.92 Å². The molecular weight excluding hydrogens is 196 g/mol. The van der Waals surface area contributed by atoms with Crippen molar-refractivity contribution in [2.45, 2.75) is 46.0 Å². The van der Waals surface area contributed by atoms with E-state index in [4.69, 9.17) is 9.84 Å². The highest BCUT2D eigenvalue weighted by atomic mass is 16.5. The van der Waals surface area contributed by atoms with E-state index in [9.17, 15) is 9.59 Å². The van der Waals surface area contributed by atoms with Crippen LogP contribution in [0.5, 0.6) is 0 Å². The Morgan fingerprint density at radius 2 is 2.00 bits per heavy atom. The molecule has 0 aromatic rings. The van der Waals surface area contributed by atoms with Crippen LogP contribution < -0.4 is 0 Å². The van der Waals surface area contributed by atoms with Gasteiger partial charge in [0.25, 0.3) is 0 Å². The molecule has 15 heavy (non-hydrogen) atoms. The lowest BCUT2D eigenvalue weighted by Gasteiger charge is -2.05. The summed E-state index contributed by atoms with van der Waals surface area (Å²) in [5.41, 5.74) is 0. The maximum Gasteiger partial charge on any atom is 0.306 e. The lowest BCUT2D eigenvalue weighted by Crippen LogP contribution is -2.09. The fourth-order valence-corrected chi connectivity index (χ4v) is 1.13. The molecule has 0 saturated heterocycles. The molecule has 1 unspecified atom stereocenters. The highest BCUT2D eigenvalue weighted by Gasteiger charge is 2.10. The van der Waals surface area contributed by atoms with Crippen LogP contribution >= 0.6 is 0 Å². The number of rotatable bonds is 8. The number of carboxylic acids is 1. The third-order valence-corrected chi connectivity index (χ3v) is 2.16. The summed E-state index contributed by atoms with van der Waals surface area (Å²) >= 11 is 0. The summed E-state index contributed by atoms with van der Waals surface area (Å²) in [4.78, 5) is 21.5. The highest BCUT2D eigenvalue weighted by Crippen LogP contribution is 2.09. The molecular formula is C11H20O4. The molecule has 0 fully saturated rings. The molecule has 0 radical (unpaired) electrons. The van der Waals surface area contributed by atoms with Gasteiger partial charge in [-0.15, -0.1) is 0 Å². The van der Waals surface area contributed by atoms with Crippen LogP contribution in [-0.4, -0.2) is 23.7 Å². The number of carbonyl (C=O) groups is 2. The highest BCUT2D eigenvalue weighted by molar-refractivity contribution is 5.70. The summed E-state index contributed by atoms with van der Waals surface area (Å²) in [5.74, 6) is -1.28. The molecule has 1 atom stereocenters. The molecule has 4 heteroatoms. The Labute approximate surface area is 90.6 Å². The van der Waals surface area contributed by atoms with E-state index in [0.29, 0.717) is 25.9 Å². The van der Waals surface area contributed by atoms with Gasteiger partial charge in [-0.25, -0.2) is 0 Å². The topological polar surface area (TPSA) is 63.6 Å². The van der Waals surface area contributed by atoms with Gasteiger partial charge in [0.05, 0.1) is 12.5 Å². The van der Waals surface area contributed by atoms with Crippen molar-refractivity contribution in [1.82, 2.24) is 0 Å². The number of hydrogen-bond donors (Lipinski definition) is 1. The summed E-state index contributed by atoms with van der Waals surface area (Å²) in [6.07, 6.45) is 3.32. The number of unbranched alkanes of at least 4 members (excludes halogenated alkanes) is 1. The number of carboxylic acid groups (broad SMARTS) is 1. The van der Waals surface area contributed by atoms with Crippen LogP contribution in [0.25, 0.3) is 0 Å². The van der Waals surface area contributed by atoms with Gasteiger partial charge in [0.1, 0.15) is 0 Å². The second kappa shape index (κ2) is 8.26. The number of aliphatic carboxylic acids is 1. The Hall–Kier alpha value is -1.06. The van der Waals surface area contributed by atoms with Crippen molar-refractivity contribution >= 4 is 11.9 Å². The van der Waals surface area contributed by atoms with Gasteiger partial charge in [0.15, 0.2) is 0 Å². The van der Waals surface area contributed by atoms with Gasteiger partial charge in [-0.2, -0.15) is 0 Å². The number of esters is 1. The quantitative estimate of drug-likeness (QED) is 0.499. The Balaban J connectivity index is 3.38. The molecule has 1 N–H and O–H groups in total. The first kappa shape index (κ1) is 13.9. The molecule has 0 aromatic heterocycles. The summed E-state index contributed by atoms with van der Waals surface area (Å²) in [7, 11) is 0. The lowest BCUT2D eigenvalue weighted by atomic mass is 10.0. The van der Waals surface area contributed by atoms with Crippen LogP contribution in [0.3, 0.4) is 0 Å². The number of carbonyl (C=O) groups excluding carboxylic acids is 1. The lowest BCUT2D eigenvalue weighted by molar-refractivity contribution is -0.143. The van der Waals surface area contributed by atoms with Crippen molar-refractivity contribution in [3.8, 4) is 0 Å². The maximum absolute atomic E-state index is 11.0. The molecule has 4 nitrogen and oxygen atoms in total. The molecule has 88 valence electrons. The van der Waals surface area contributed by atoms with Crippen molar-refractivity contribution in [3.63, 3.8) is 0 Å². The van der Waals surface area contributed by atoms with E-state index in [2.05, 4.69) is 0 Å². The van der Waals surface area contributed by atoms with Crippen molar-refractivity contribution < 1.29 is 19.4 Å². The van der Waals surface area contributed by atoms with Crippen molar-refractivity contribution in [3.05, 3.63) is 0 Å². The van der Waals surface area contributed by atoms with Gasteiger partial charge in [0, 0.05) is 6.42 Å². The first-order chi connectivity index (χ1) is 7.07. The largest absolute Gasteiger partial charge is 0.481 e. The number of ether oxygens (including phenoxy) is 1. The minimum Gasteiger partial charge on any atom is -0.481 e. The van der Waals surface area contributed by atoms with Crippen LogP contribution in [-0.2, 0) is 14.3 Å². The van der Waals surface area contributed by atoms with Crippen molar-refractivity contribution in [2.24, 2.45) is 5.92 Å². The fraction of sp³-hybridized carbons (Fsp3) is 0.818. The predicted molar refractivity (Wildman–Crippen MR) is 56.5 cm³/mol. The second-order valence-electron chi connectivity index (χ2n) is 3.71. The zero-order chi connectivity index (χ0) is 11.7. The smallest absolute Gasteiger partial charge is 0.306 e. The summed E-state index contributed by atoms with van der Waals surface area (Å²) in [6, 6.07) is 0. The molecule has 0 aliphatic carbocycles. The SMILES string of the molecule is CCCOC(=O)CCCCC(C)C(=O)O. The Bertz CT molecular complexity index is 201. The molecule has 0 bridgehead atoms. The van der Waals surface area contributed by atoms with E-state index in [1.54, 1.807) is 6.92 Å². The first-order valence-corrected chi connectivity index (χ1v) is 5.46. The van der Waals surface area contributed by atoms with Gasteiger partial charge in [0.2, 0.25) is 0 Å². The van der Waals surface area contributed by atoms with Crippen molar-refractivity contribution in [2.75, 3.05) is 6.61 Å². The maximum atomic E-state index is 11.0. The van der Waals surface area contributed by atoms with E-state index in [1.165, 1.54) is 0 Å². The molecule has 0 aromatic carbocycles. The van der Waals surface area contributed by atoms with Gasteiger partial charge < -0.3 is 9.84 Å². The van der Waals surface area contributed by atoms with Gasteiger partial charge in [-0.1, -0.05) is 20.3 Å². The van der Waals surface area contributed by atoms with Crippen LogP contribution in [0.2, 0.25) is 0 Å². The molecule has 0 amide bonds. The van der Waals surface area contributed by atoms with E-state index in [0.717, 1.165) is 12.8 Å². The minimum atomic E-state index is -0.774. The van der Waals surface area contributed by atoms with Crippen LogP contribution in [0.15, 0.2) is 0 Å². The van der Waals surface area contributed by atoms with Crippen molar-refractivity contribution in [1.29, 1.82) is 0 Å². The van der Waals surface area contributed by atoms with Crippen LogP contribution in [0.1, 0.15) is 46.0 Å². The zero-order valence-electron chi connectivity index (χ0n) is 9.49. The average Bonchev–Trinajstić information content (AvgIpc) is 2.20. The van der Waals surface area contributed by atoms with Crippen LogP contribution in [0.4, 0.5) is 0 Å². The molecule has 0 aliphatic heterocycles.